The molecular weight excluding hydrogens is 397 g/mol. The van der Waals surface area contributed by atoms with Gasteiger partial charge in [-0.2, -0.15) is 0 Å². The summed E-state index contributed by atoms with van der Waals surface area (Å²) in [5, 5.41) is 0.965. The zero-order valence-electron chi connectivity index (χ0n) is 14.7. The van der Waals surface area contributed by atoms with Gasteiger partial charge in [0.2, 0.25) is 5.91 Å². The number of amides is 1. The van der Waals surface area contributed by atoms with Gasteiger partial charge in [-0.25, -0.2) is 9.37 Å². The molecule has 0 saturated heterocycles. The Morgan fingerprint density at radius 3 is 2.64 bits per heavy atom. The summed E-state index contributed by atoms with van der Waals surface area (Å²) in [7, 11) is 0. The molecule has 0 N–H and O–H groups in total. The number of halogens is 2. The summed E-state index contributed by atoms with van der Waals surface area (Å²) >= 11 is 7.49. The molecule has 2 heterocycles. The van der Waals surface area contributed by atoms with Crippen LogP contribution in [-0.4, -0.2) is 15.9 Å². The van der Waals surface area contributed by atoms with Crippen LogP contribution in [0.5, 0.6) is 0 Å². The Morgan fingerprint density at radius 1 is 1.07 bits per heavy atom. The first kappa shape index (κ1) is 18.5. The Balaban J connectivity index is 1.71. The van der Waals surface area contributed by atoms with Crippen LogP contribution in [0.4, 0.5) is 9.52 Å². The Labute approximate surface area is 170 Å². The molecule has 0 saturated carbocycles. The molecule has 4 nitrogen and oxygen atoms in total. The van der Waals surface area contributed by atoms with Crippen LogP contribution in [0.25, 0.3) is 10.2 Å². The van der Waals surface area contributed by atoms with Crippen molar-refractivity contribution in [2.24, 2.45) is 0 Å². The third-order valence-corrected chi connectivity index (χ3v) is 5.65. The second-order valence-electron chi connectivity index (χ2n) is 6.15. The van der Waals surface area contributed by atoms with E-state index in [4.69, 9.17) is 11.6 Å². The fraction of sp³-hybridized carbons (Fsp3) is 0.0952. The quantitative estimate of drug-likeness (QED) is 0.450. The Hall–Kier alpha value is -2.83. The first-order chi connectivity index (χ1) is 13.6. The van der Waals surface area contributed by atoms with Gasteiger partial charge in [0.1, 0.15) is 11.3 Å². The summed E-state index contributed by atoms with van der Waals surface area (Å²) in [6, 6.07) is 17.5. The number of rotatable bonds is 5. The molecule has 7 heteroatoms. The first-order valence-corrected chi connectivity index (χ1v) is 9.80. The molecule has 4 rings (SSSR count). The number of hydrogen-bond donors (Lipinski definition) is 0. The predicted molar refractivity (Wildman–Crippen MR) is 110 cm³/mol. The van der Waals surface area contributed by atoms with E-state index in [-0.39, 0.29) is 24.4 Å². The highest BCUT2D eigenvalue weighted by atomic mass is 35.5. The summed E-state index contributed by atoms with van der Waals surface area (Å²) in [6.07, 6.45) is 1.79. The number of hydrogen-bond acceptors (Lipinski definition) is 4. The van der Waals surface area contributed by atoms with Crippen molar-refractivity contribution in [2.75, 3.05) is 4.90 Å². The third kappa shape index (κ3) is 3.88. The van der Waals surface area contributed by atoms with E-state index in [1.54, 1.807) is 24.4 Å². The number of fused-ring (bicyclic) bond motifs is 1. The minimum absolute atomic E-state index is 0.116. The lowest BCUT2D eigenvalue weighted by Gasteiger charge is -2.20. The molecule has 140 valence electrons. The molecule has 0 aliphatic rings. The molecule has 0 atom stereocenters. The lowest BCUT2D eigenvalue weighted by Crippen LogP contribution is -2.32. The SMILES string of the molecule is O=C(Cc1ccccc1Cl)N(Cc1ccccn1)c1nc2c(F)cccc2s1. The zero-order chi connectivity index (χ0) is 19.5. The van der Waals surface area contributed by atoms with Gasteiger partial charge in [-0.05, 0) is 35.9 Å². The van der Waals surface area contributed by atoms with Crippen molar-refractivity contribution < 1.29 is 9.18 Å². The van der Waals surface area contributed by atoms with E-state index in [1.165, 1.54) is 22.3 Å². The monoisotopic (exact) mass is 411 g/mol. The number of aromatic nitrogens is 2. The lowest BCUT2D eigenvalue weighted by molar-refractivity contribution is -0.118. The van der Waals surface area contributed by atoms with Gasteiger partial charge in [-0.3, -0.25) is 14.7 Å². The maximum Gasteiger partial charge on any atom is 0.233 e. The van der Waals surface area contributed by atoms with Crippen LogP contribution in [0.1, 0.15) is 11.3 Å². The number of thiazole rings is 1. The van der Waals surface area contributed by atoms with Crippen molar-refractivity contribution in [3.63, 3.8) is 0 Å². The van der Waals surface area contributed by atoms with Crippen molar-refractivity contribution in [1.82, 2.24) is 9.97 Å². The Kier molecular flexibility index (Phi) is 5.32. The van der Waals surface area contributed by atoms with Crippen molar-refractivity contribution in [2.45, 2.75) is 13.0 Å². The molecule has 4 aromatic rings. The van der Waals surface area contributed by atoms with Gasteiger partial charge in [0.25, 0.3) is 0 Å². The molecule has 2 aromatic carbocycles. The topological polar surface area (TPSA) is 46.1 Å². The molecule has 28 heavy (non-hydrogen) atoms. The van der Waals surface area contributed by atoms with Crippen LogP contribution >= 0.6 is 22.9 Å². The largest absolute Gasteiger partial charge is 0.282 e. The molecule has 0 bridgehead atoms. The van der Waals surface area contributed by atoms with Crippen molar-refractivity contribution in [3.8, 4) is 0 Å². The van der Waals surface area contributed by atoms with Crippen LogP contribution in [0.2, 0.25) is 5.02 Å². The van der Waals surface area contributed by atoms with E-state index in [0.29, 0.717) is 14.9 Å². The highest BCUT2D eigenvalue weighted by Crippen LogP contribution is 2.31. The van der Waals surface area contributed by atoms with Crippen LogP contribution in [0.3, 0.4) is 0 Å². The van der Waals surface area contributed by atoms with Gasteiger partial charge in [-0.1, -0.05) is 53.3 Å². The smallest absolute Gasteiger partial charge is 0.233 e. The lowest BCUT2D eigenvalue weighted by atomic mass is 10.1. The standard InChI is InChI=1S/C21H15ClFN3OS/c22-16-8-2-1-6-14(16)12-19(27)26(13-15-7-3-4-11-24-15)21-25-20-17(23)9-5-10-18(20)28-21/h1-11H,12-13H2. The van der Waals surface area contributed by atoms with E-state index < -0.39 is 5.82 Å². The number of carbonyl (C=O) groups excluding carboxylic acids is 1. The van der Waals surface area contributed by atoms with E-state index >= 15 is 0 Å². The Bertz CT molecular complexity index is 1130. The van der Waals surface area contributed by atoms with E-state index in [9.17, 15) is 9.18 Å². The number of nitrogens with zero attached hydrogens (tertiary/aromatic N) is 3. The van der Waals surface area contributed by atoms with Gasteiger partial charge in [0.05, 0.1) is 23.4 Å². The van der Waals surface area contributed by atoms with Gasteiger partial charge in [0, 0.05) is 11.2 Å². The molecule has 0 spiro atoms. The van der Waals surface area contributed by atoms with Gasteiger partial charge in [-0.15, -0.1) is 0 Å². The van der Waals surface area contributed by atoms with Gasteiger partial charge in [0.15, 0.2) is 5.13 Å². The normalized spacial score (nSPS) is 10.9. The molecular formula is C21H15ClFN3OS. The van der Waals surface area contributed by atoms with Gasteiger partial charge >= 0.3 is 0 Å². The molecule has 0 fully saturated rings. The van der Waals surface area contributed by atoms with Crippen LogP contribution in [0.15, 0.2) is 66.9 Å². The maximum absolute atomic E-state index is 14.1. The van der Waals surface area contributed by atoms with E-state index in [1.807, 2.05) is 36.4 Å². The van der Waals surface area contributed by atoms with Crippen LogP contribution in [-0.2, 0) is 17.8 Å². The van der Waals surface area contributed by atoms with Crippen molar-refractivity contribution >= 4 is 44.2 Å². The second kappa shape index (κ2) is 8.04. The van der Waals surface area contributed by atoms with E-state index in [2.05, 4.69) is 9.97 Å². The molecule has 0 radical (unpaired) electrons. The second-order valence-corrected chi connectivity index (χ2v) is 7.57. The molecule has 0 unspecified atom stereocenters. The minimum Gasteiger partial charge on any atom is -0.282 e. The number of pyridine rings is 1. The third-order valence-electron chi connectivity index (χ3n) is 4.24. The van der Waals surface area contributed by atoms with Gasteiger partial charge < -0.3 is 0 Å². The minimum atomic E-state index is -0.406. The fourth-order valence-corrected chi connectivity index (χ4v) is 4.03. The summed E-state index contributed by atoms with van der Waals surface area (Å²) in [5.74, 6) is -0.588. The predicted octanol–water partition coefficient (Wildman–Crippen LogP) is 5.26. The van der Waals surface area contributed by atoms with E-state index in [0.717, 1.165) is 11.3 Å². The maximum atomic E-state index is 14.1. The number of para-hydroxylation sites is 1. The average molecular weight is 412 g/mol. The summed E-state index contributed by atoms with van der Waals surface area (Å²) in [5.41, 5.74) is 1.71. The molecule has 2 aromatic heterocycles. The summed E-state index contributed by atoms with van der Waals surface area (Å²) in [4.78, 5) is 23.4. The average Bonchev–Trinajstić information content (AvgIpc) is 3.14. The van der Waals surface area contributed by atoms with Crippen LogP contribution < -0.4 is 4.90 Å². The molecule has 0 aliphatic carbocycles. The molecule has 0 aliphatic heterocycles. The number of benzene rings is 2. The van der Waals surface area contributed by atoms with Crippen molar-refractivity contribution in [1.29, 1.82) is 0 Å². The zero-order valence-corrected chi connectivity index (χ0v) is 16.3. The highest BCUT2D eigenvalue weighted by molar-refractivity contribution is 7.22. The molecule has 1 amide bonds. The number of anilines is 1. The van der Waals surface area contributed by atoms with Crippen LogP contribution in [0, 0.1) is 5.82 Å². The fourth-order valence-electron chi connectivity index (χ4n) is 2.83. The Morgan fingerprint density at radius 2 is 1.89 bits per heavy atom. The summed E-state index contributed by atoms with van der Waals surface area (Å²) in [6.45, 7) is 0.242. The van der Waals surface area contributed by atoms with Crippen molar-refractivity contribution in [3.05, 3.63) is 89.0 Å². The number of carbonyl (C=O) groups is 1. The first-order valence-electron chi connectivity index (χ1n) is 8.60. The summed E-state index contributed by atoms with van der Waals surface area (Å²) < 4.78 is 14.8. The highest BCUT2D eigenvalue weighted by Gasteiger charge is 2.22.